The van der Waals surface area contributed by atoms with Crippen LogP contribution in [0.3, 0.4) is 0 Å². The van der Waals surface area contributed by atoms with Crippen molar-refractivity contribution in [2.75, 3.05) is 0 Å². The number of aliphatic hydroxyl groups is 1. The first kappa shape index (κ1) is 40.4. The van der Waals surface area contributed by atoms with Gasteiger partial charge in [0.05, 0.1) is 5.76 Å². The van der Waals surface area contributed by atoms with Crippen molar-refractivity contribution in [3.05, 3.63) is 89.8 Å². The van der Waals surface area contributed by atoms with Crippen LogP contribution in [0.1, 0.15) is 86.3 Å². The quantitative estimate of drug-likeness (QED) is 0.0960. The van der Waals surface area contributed by atoms with Gasteiger partial charge in [0.15, 0.2) is 5.78 Å². The first-order chi connectivity index (χ1) is 22.4. The molecule has 1 radical (unpaired) electrons. The fourth-order valence-corrected chi connectivity index (χ4v) is 7.15. The average molecular weight is 867 g/mol. The Bertz CT molecular complexity index is 1950. The summed E-state index contributed by atoms with van der Waals surface area (Å²) in [6.07, 6.45) is 0.318. The van der Waals surface area contributed by atoms with E-state index in [1.807, 2.05) is 17.5 Å². The number of allylic oxidation sites excluding steroid dienone is 2. The summed E-state index contributed by atoms with van der Waals surface area (Å²) in [5.74, 6) is -1.01. The van der Waals surface area contributed by atoms with Crippen molar-refractivity contribution >= 4 is 48.1 Å². The van der Waals surface area contributed by atoms with E-state index in [4.69, 9.17) is 4.98 Å². The molecular weight excluding hydrogens is 820 g/mol. The minimum atomic E-state index is -4.62. The largest absolute Gasteiger partial charge is 0.512 e. The van der Waals surface area contributed by atoms with Gasteiger partial charge < -0.3 is 5.11 Å². The van der Waals surface area contributed by atoms with E-state index in [-0.39, 0.29) is 37.2 Å². The number of hydrogen-bond acceptors (Lipinski definition) is 4. The van der Waals surface area contributed by atoms with Crippen molar-refractivity contribution in [2.45, 2.75) is 93.2 Å². The number of pyridine rings is 1. The van der Waals surface area contributed by atoms with E-state index in [0.29, 0.717) is 24.8 Å². The molecule has 0 aliphatic carbocycles. The third kappa shape index (κ3) is 8.82. The molecule has 1 N–H and O–H groups in total. The number of carbonyl (C=O) groups excluding carboxylic acids is 1. The van der Waals surface area contributed by atoms with Crippen LogP contribution in [0.25, 0.3) is 42.2 Å². The molecule has 0 atom stereocenters. The Morgan fingerprint density at radius 3 is 2.12 bits per heavy atom. The number of halogens is 3. The Kier molecular flexibility index (Phi) is 13.1. The fourth-order valence-electron chi connectivity index (χ4n) is 5.83. The topological polar surface area (TPSA) is 50.2 Å². The standard InChI is InChI=1S/C29H28NS.C12H19F3O2.Ir/c1-18(2)15-20-10-8-12-23-24-13-14-30-26(28(24)31-27(20)23)21-16-19-9-6-7-11-22(19)25(17-21)29(3,4)5;1-5-8(6-2)9(16)7-10(17)11(3,4)12(13,14)15;/h6-14,17-18H,15H2,1-5H3;7-8,16H,5-6H2,1-4H3;/q-1;;/b;9-7-;. The minimum absolute atomic E-state index is 0. The second kappa shape index (κ2) is 15.9. The van der Waals surface area contributed by atoms with E-state index in [0.717, 1.165) is 36.9 Å². The summed E-state index contributed by atoms with van der Waals surface area (Å²) in [6.45, 7) is 16.7. The summed E-state index contributed by atoms with van der Waals surface area (Å²) in [5.41, 5.74) is 2.50. The molecule has 265 valence electrons. The Morgan fingerprint density at radius 1 is 0.918 bits per heavy atom. The summed E-state index contributed by atoms with van der Waals surface area (Å²) in [5, 5.41) is 14.7. The molecule has 0 aliphatic rings. The number of fused-ring (bicyclic) bond motifs is 4. The third-order valence-electron chi connectivity index (χ3n) is 8.97. The van der Waals surface area contributed by atoms with Gasteiger partial charge in [-0.2, -0.15) is 13.2 Å². The molecule has 2 heterocycles. The molecule has 3 nitrogen and oxygen atoms in total. The van der Waals surface area contributed by atoms with Crippen LogP contribution in [0.15, 0.2) is 72.6 Å². The van der Waals surface area contributed by atoms with Crippen LogP contribution in [0.5, 0.6) is 0 Å². The number of aliphatic hydroxyl groups excluding tert-OH is 1. The second-order valence-electron chi connectivity index (χ2n) is 14.5. The number of ketones is 1. The van der Waals surface area contributed by atoms with Crippen LogP contribution in [0, 0.1) is 23.3 Å². The van der Waals surface area contributed by atoms with Gasteiger partial charge in [-0.25, -0.2) is 0 Å². The van der Waals surface area contributed by atoms with Crippen LogP contribution in [-0.4, -0.2) is 22.1 Å². The molecule has 49 heavy (non-hydrogen) atoms. The zero-order valence-electron chi connectivity index (χ0n) is 29.8. The van der Waals surface area contributed by atoms with Crippen LogP contribution in [0.4, 0.5) is 13.2 Å². The average Bonchev–Trinajstić information content (AvgIpc) is 3.40. The Morgan fingerprint density at radius 2 is 1.53 bits per heavy atom. The number of benzene rings is 3. The van der Waals surface area contributed by atoms with E-state index in [1.54, 1.807) is 13.8 Å². The fraction of sp³-hybridized carbons (Fsp3) is 0.415. The zero-order valence-corrected chi connectivity index (χ0v) is 33.0. The van der Waals surface area contributed by atoms with Crippen molar-refractivity contribution in [3.8, 4) is 11.3 Å². The predicted octanol–water partition coefficient (Wildman–Crippen LogP) is 12.6. The number of alkyl halides is 3. The Hall–Kier alpha value is -3.06. The van der Waals surface area contributed by atoms with Gasteiger partial charge in [0.1, 0.15) is 5.41 Å². The van der Waals surface area contributed by atoms with Crippen molar-refractivity contribution in [2.24, 2.45) is 17.3 Å². The number of rotatable bonds is 8. The smallest absolute Gasteiger partial charge is 0.401 e. The number of hydrogen-bond donors (Lipinski definition) is 1. The molecule has 0 saturated heterocycles. The summed E-state index contributed by atoms with van der Waals surface area (Å²) in [4.78, 5) is 16.4. The predicted molar refractivity (Wildman–Crippen MR) is 196 cm³/mol. The number of carbonyl (C=O) groups is 1. The molecular formula is C41H47F3IrNO2S-. The van der Waals surface area contributed by atoms with Crippen LogP contribution < -0.4 is 0 Å². The summed E-state index contributed by atoms with van der Waals surface area (Å²) >= 11 is 1.89. The molecule has 0 amide bonds. The first-order valence-corrected chi connectivity index (χ1v) is 17.5. The van der Waals surface area contributed by atoms with E-state index in [9.17, 15) is 23.1 Å². The van der Waals surface area contributed by atoms with Crippen LogP contribution >= 0.6 is 11.3 Å². The summed E-state index contributed by atoms with van der Waals surface area (Å²) in [7, 11) is 0. The van der Waals surface area contributed by atoms with Crippen molar-refractivity contribution in [1.29, 1.82) is 0 Å². The molecule has 5 aromatic rings. The van der Waals surface area contributed by atoms with Crippen LogP contribution in [0.2, 0.25) is 0 Å². The van der Waals surface area contributed by atoms with Gasteiger partial charge in [-0.3, -0.25) is 9.78 Å². The van der Waals surface area contributed by atoms with Gasteiger partial charge in [-0.1, -0.05) is 95.8 Å². The molecule has 0 bridgehead atoms. The molecule has 0 saturated carbocycles. The summed E-state index contributed by atoms with van der Waals surface area (Å²) in [6, 6.07) is 23.5. The third-order valence-corrected chi connectivity index (χ3v) is 10.3. The zero-order chi connectivity index (χ0) is 35.6. The molecule has 2 aromatic heterocycles. The Balaban J connectivity index is 0.000000312. The number of aromatic nitrogens is 1. The van der Waals surface area contributed by atoms with Gasteiger partial charge in [-0.15, -0.1) is 40.5 Å². The molecule has 0 fully saturated rings. The molecule has 0 spiro atoms. The van der Waals surface area contributed by atoms with Crippen molar-refractivity contribution < 1.29 is 43.2 Å². The van der Waals surface area contributed by atoms with E-state index < -0.39 is 17.4 Å². The maximum Gasteiger partial charge on any atom is 0.401 e. The van der Waals surface area contributed by atoms with E-state index in [2.05, 4.69) is 95.3 Å². The SMILES string of the molecule is CC(C)Cc1cccc2c1sc1c(-c3[c-]c4ccccc4c(C(C)(C)C)c3)nccc12.CCC(CC)/C(O)=C/C(=O)C(C)(C)C(F)(F)F.[Ir]. The number of nitrogens with zero attached hydrogens (tertiary/aromatic N) is 1. The normalized spacial score (nSPS) is 12.8. The summed E-state index contributed by atoms with van der Waals surface area (Å²) < 4.78 is 40.4. The monoisotopic (exact) mass is 867 g/mol. The van der Waals surface area contributed by atoms with Gasteiger partial charge in [-0.05, 0) is 61.5 Å². The van der Waals surface area contributed by atoms with E-state index >= 15 is 0 Å². The van der Waals surface area contributed by atoms with Crippen molar-refractivity contribution in [3.63, 3.8) is 0 Å². The van der Waals surface area contributed by atoms with Gasteiger partial charge >= 0.3 is 6.18 Å². The van der Waals surface area contributed by atoms with Gasteiger partial charge in [0, 0.05) is 58.8 Å². The van der Waals surface area contributed by atoms with E-state index in [1.165, 1.54) is 36.7 Å². The molecule has 5 rings (SSSR count). The van der Waals surface area contributed by atoms with Gasteiger partial charge in [0.25, 0.3) is 0 Å². The van der Waals surface area contributed by atoms with Gasteiger partial charge in [0.2, 0.25) is 0 Å². The Labute approximate surface area is 306 Å². The maximum atomic E-state index is 12.6. The van der Waals surface area contributed by atoms with Crippen LogP contribution in [-0.2, 0) is 36.7 Å². The molecule has 8 heteroatoms. The molecule has 0 aliphatic heterocycles. The first-order valence-electron chi connectivity index (χ1n) is 16.7. The minimum Gasteiger partial charge on any atom is -0.512 e. The maximum absolute atomic E-state index is 12.6. The molecule has 0 unspecified atom stereocenters. The number of thiophene rings is 1. The molecule has 3 aromatic carbocycles. The second-order valence-corrected chi connectivity index (χ2v) is 15.5. The van der Waals surface area contributed by atoms with Crippen molar-refractivity contribution in [1.82, 2.24) is 4.98 Å².